The maximum Gasteiger partial charge on any atom is 0.254 e. The van der Waals surface area contributed by atoms with Crippen molar-refractivity contribution in [3.8, 4) is 0 Å². The minimum absolute atomic E-state index is 0.401. The number of rotatable bonds is 5. The zero-order chi connectivity index (χ0) is 14.6. The van der Waals surface area contributed by atoms with Crippen LogP contribution in [0.5, 0.6) is 0 Å². The van der Waals surface area contributed by atoms with E-state index < -0.39 is 34.7 Å². The Labute approximate surface area is 111 Å². The van der Waals surface area contributed by atoms with Gasteiger partial charge in [0.15, 0.2) is 6.10 Å². The van der Waals surface area contributed by atoms with Crippen molar-refractivity contribution in [1.29, 1.82) is 0 Å². The zero-order valence-electron chi connectivity index (χ0n) is 11.2. The molecule has 3 nitrogen and oxygen atoms in total. The number of halogens is 2. The van der Waals surface area contributed by atoms with E-state index in [1.165, 1.54) is 19.3 Å². The molecular weight excluding hydrogens is 252 g/mol. The van der Waals surface area contributed by atoms with Gasteiger partial charge in [0.05, 0.1) is 11.1 Å². The normalized spacial score (nSPS) is 12.9. The minimum Gasteiger partial charge on any atom is -0.367 e. The van der Waals surface area contributed by atoms with Crippen LogP contribution >= 0.6 is 0 Å². The molecule has 0 aliphatic carbocycles. The Morgan fingerprint density at radius 2 is 1.95 bits per heavy atom. The third kappa shape index (κ3) is 3.61. The molecule has 1 unspecified atom stereocenters. The van der Waals surface area contributed by atoms with Crippen LogP contribution in [0.4, 0.5) is 8.78 Å². The van der Waals surface area contributed by atoms with Crippen molar-refractivity contribution in [3.63, 3.8) is 0 Å². The summed E-state index contributed by atoms with van der Waals surface area (Å²) in [4.78, 5) is 12.0. The van der Waals surface area contributed by atoms with E-state index in [1.54, 1.807) is 13.8 Å². The molecule has 1 N–H and O–H groups in total. The van der Waals surface area contributed by atoms with Crippen molar-refractivity contribution >= 4 is 5.91 Å². The van der Waals surface area contributed by atoms with E-state index in [4.69, 9.17) is 4.74 Å². The molecule has 1 atom stereocenters. The van der Waals surface area contributed by atoms with E-state index in [0.717, 1.165) is 12.1 Å². The van der Waals surface area contributed by atoms with E-state index in [-0.39, 0.29) is 0 Å². The first-order valence-electron chi connectivity index (χ1n) is 5.74. The minimum atomic E-state index is -1.35. The monoisotopic (exact) mass is 269 g/mol. The van der Waals surface area contributed by atoms with Gasteiger partial charge in [-0.1, -0.05) is 12.1 Å². The molecule has 0 aromatic heterocycles. The summed E-state index contributed by atoms with van der Waals surface area (Å²) in [5, 5.41) is 2.59. The molecule has 0 fully saturated rings. The third-order valence-electron chi connectivity index (χ3n) is 2.69. The number of methoxy groups -OCH3 is 1. The van der Waals surface area contributed by atoms with Crippen LogP contribution in [-0.2, 0) is 9.53 Å². The highest BCUT2D eigenvalue weighted by molar-refractivity contribution is 5.83. The summed E-state index contributed by atoms with van der Waals surface area (Å²) >= 11 is 0. The van der Waals surface area contributed by atoms with Gasteiger partial charge in [-0.25, -0.2) is 8.78 Å². The molecular formula is C14H17F2NO2. The Morgan fingerprint density at radius 1 is 1.42 bits per heavy atom. The van der Waals surface area contributed by atoms with Crippen LogP contribution in [0.15, 0.2) is 30.9 Å². The van der Waals surface area contributed by atoms with Crippen LogP contribution in [0.1, 0.15) is 25.5 Å². The summed E-state index contributed by atoms with van der Waals surface area (Å²) in [7, 11) is 1.22. The van der Waals surface area contributed by atoms with Crippen LogP contribution in [0.3, 0.4) is 0 Å². The number of carbonyl (C=O) groups excluding carboxylic acids is 1. The SMILES string of the molecule is C=CC(C)(C)NC(=O)C(OC)c1c(F)cccc1F. The number of hydrogen-bond donors (Lipinski definition) is 1. The zero-order valence-corrected chi connectivity index (χ0v) is 11.2. The number of amides is 1. The highest BCUT2D eigenvalue weighted by atomic mass is 19.1. The van der Waals surface area contributed by atoms with Gasteiger partial charge in [-0.15, -0.1) is 6.58 Å². The smallest absolute Gasteiger partial charge is 0.254 e. The summed E-state index contributed by atoms with van der Waals surface area (Å²) in [5.74, 6) is -2.27. The van der Waals surface area contributed by atoms with Crippen LogP contribution in [0.2, 0.25) is 0 Å². The van der Waals surface area contributed by atoms with E-state index in [0.29, 0.717) is 0 Å². The molecule has 1 aromatic carbocycles. The van der Waals surface area contributed by atoms with Crippen molar-refractivity contribution in [2.45, 2.75) is 25.5 Å². The molecule has 0 heterocycles. The molecule has 1 rings (SSSR count). The molecule has 19 heavy (non-hydrogen) atoms. The lowest BCUT2D eigenvalue weighted by Crippen LogP contribution is -2.44. The second-order valence-corrected chi connectivity index (χ2v) is 4.67. The fourth-order valence-electron chi connectivity index (χ4n) is 1.55. The number of nitrogens with one attached hydrogen (secondary N) is 1. The molecule has 1 aromatic rings. The molecule has 104 valence electrons. The molecule has 0 saturated carbocycles. The van der Waals surface area contributed by atoms with Crippen LogP contribution in [0.25, 0.3) is 0 Å². The first-order chi connectivity index (χ1) is 8.82. The first-order valence-corrected chi connectivity index (χ1v) is 5.74. The standard InChI is InChI=1S/C14H17F2NO2/c1-5-14(2,3)17-13(18)12(19-4)11-9(15)7-6-8-10(11)16/h5-8,12H,1H2,2-4H3,(H,17,18). The second-order valence-electron chi connectivity index (χ2n) is 4.67. The van der Waals surface area contributed by atoms with E-state index in [2.05, 4.69) is 11.9 Å². The maximum atomic E-state index is 13.6. The maximum absolute atomic E-state index is 13.6. The highest BCUT2D eigenvalue weighted by Gasteiger charge is 2.29. The van der Waals surface area contributed by atoms with Gasteiger partial charge in [0, 0.05) is 7.11 Å². The number of benzene rings is 1. The van der Waals surface area contributed by atoms with Gasteiger partial charge in [-0.05, 0) is 26.0 Å². The Hall–Kier alpha value is -1.75. The molecule has 0 bridgehead atoms. The summed E-state index contributed by atoms with van der Waals surface area (Å²) in [6.45, 7) is 7.00. The van der Waals surface area contributed by atoms with Gasteiger partial charge < -0.3 is 10.1 Å². The van der Waals surface area contributed by atoms with Crippen molar-refractivity contribution in [3.05, 3.63) is 48.1 Å². The predicted octanol–water partition coefficient (Wildman–Crippen LogP) is 2.73. The fraction of sp³-hybridized carbons (Fsp3) is 0.357. The third-order valence-corrected chi connectivity index (χ3v) is 2.69. The molecule has 0 saturated heterocycles. The predicted molar refractivity (Wildman–Crippen MR) is 68.5 cm³/mol. The summed E-state index contributed by atoms with van der Waals surface area (Å²) in [5.41, 5.74) is -1.10. The molecule has 1 amide bonds. The lowest BCUT2D eigenvalue weighted by molar-refractivity contribution is -0.133. The first kappa shape index (κ1) is 15.3. The quantitative estimate of drug-likeness (QED) is 0.835. The van der Waals surface area contributed by atoms with Gasteiger partial charge >= 0.3 is 0 Å². The van der Waals surface area contributed by atoms with E-state index >= 15 is 0 Å². The number of hydrogen-bond acceptors (Lipinski definition) is 2. The summed E-state index contributed by atoms with van der Waals surface area (Å²) in [6, 6.07) is 3.39. The second kappa shape index (κ2) is 5.93. The fourth-order valence-corrected chi connectivity index (χ4v) is 1.55. The largest absolute Gasteiger partial charge is 0.367 e. The Bertz CT molecular complexity index is 466. The van der Waals surface area contributed by atoms with Crippen molar-refractivity contribution in [2.75, 3.05) is 7.11 Å². The average Bonchev–Trinajstić information content (AvgIpc) is 2.33. The van der Waals surface area contributed by atoms with Gasteiger partial charge in [-0.3, -0.25) is 4.79 Å². The van der Waals surface area contributed by atoms with Crippen molar-refractivity contribution in [1.82, 2.24) is 5.32 Å². The Morgan fingerprint density at radius 3 is 2.37 bits per heavy atom. The van der Waals surface area contributed by atoms with E-state index in [9.17, 15) is 13.6 Å². The lowest BCUT2D eigenvalue weighted by atomic mass is 10.0. The summed E-state index contributed by atoms with van der Waals surface area (Å²) < 4.78 is 32.2. The van der Waals surface area contributed by atoms with Gasteiger partial charge in [0.2, 0.25) is 0 Å². The van der Waals surface area contributed by atoms with Crippen molar-refractivity contribution < 1.29 is 18.3 Å². The average molecular weight is 269 g/mol. The summed E-state index contributed by atoms with van der Waals surface area (Å²) in [6.07, 6.45) is 0.176. The van der Waals surface area contributed by atoms with E-state index in [1.807, 2.05) is 0 Å². The Kier molecular flexibility index (Phi) is 4.78. The van der Waals surface area contributed by atoms with Crippen molar-refractivity contribution in [2.24, 2.45) is 0 Å². The Balaban J connectivity index is 3.08. The molecule has 5 heteroatoms. The highest BCUT2D eigenvalue weighted by Crippen LogP contribution is 2.24. The van der Waals surface area contributed by atoms with Gasteiger partial charge in [-0.2, -0.15) is 0 Å². The molecule has 0 radical (unpaired) electrons. The van der Waals surface area contributed by atoms with Crippen LogP contribution in [0, 0.1) is 11.6 Å². The van der Waals surface area contributed by atoms with Crippen LogP contribution in [-0.4, -0.2) is 18.6 Å². The number of carbonyl (C=O) groups is 1. The van der Waals surface area contributed by atoms with Gasteiger partial charge in [0.25, 0.3) is 5.91 Å². The lowest BCUT2D eigenvalue weighted by Gasteiger charge is -2.25. The number of ether oxygens (including phenoxy) is 1. The molecule has 0 aliphatic rings. The van der Waals surface area contributed by atoms with Gasteiger partial charge in [0.1, 0.15) is 11.6 Å². The molecule has 0 spiro atoms. The topological polar surface area (TPSA) is 38.3 Å². The van der Waals surface area contributed by atoms with Crippen LogP contribution < -0.4 is 5.32 Å². The molecule has 0 aliphatic heterocycles.